The van der Waals surface area contributed by atoms with E-state index in [1.165, 1.54) is 12.7 Å². The predicted octanol–water partition coefficient (Wildman–Crippen LogP) is 3.67. The molecule has 0 bridgehead atoms. The summed E-state index contributed by atoms with van der Waals surface area (Å²) in [5.74, 6) is 0. The number of nitrogens with zero attached hydrogens (tertiary/aromatic N) is 3. The molecule has 0 amide bonds. The van der Waals surface area contributed by atoms with E-state index in [1.54, 1.807) is 54.1 Å². The first-order valence-electron chi connectivity index (χ1n) is 7.74. The van der Waals surface area contributed by atoms with Crippen LogP contribution in [0.2, 0.25) is 10.0 Å². The molecule has 3 rings (SSSR count). The molecule has 0 saturated carbocycles. The van der Waals surface area contributed by atoms with Crippen LogP contribution in [0.5, 0.6) is 0 Å². The van der Waals surface area contributed by atoms with E-state index in [-0.39, 0.29) is 4.90 Å². The van der Waals surface area contributed by atoms with Gasteiger partial charge in [0, 0.05) is 16.1 Å². The molecular formula is C17H16Cl2N4O2S. The van der Waals surface area contributed by atoms with Crippen LogP contribution in [0.25, 0.3) is 0 Å². The monoisotopic (exact) mass is 410 g/mol. The lowest BCUT2D eigenvalue weighted by Gasteiger charge is -2.18. The molecular weight excluding hydrogens is 395 g/mol. The maximum Gasteiger partial charge on any atom is 0.241 e. The number of halogens is 2. The van der Waals surface area contributed by atoms with Crippen LogP contribution in [0.4, 0.5) is 0 Å². The van der Waals surface area contributed by atoms with Crippen LogP contribution >= 0.6 is 23.2 Å². The fourth-order valence-electron chi connectivity index (χ4n) is 2.60. The largest absolute Gasteiger partial charge is 0.249 e. The summed E-state index contributed by atoms with van der Waals surface area (Å²) in [4.78, 5) is 4.06. The standard InChI is InChI=1S/C17H16Cl2N4O2S/c1-12(15-7-6-14(18)8-16(15)19)22-26(24,25)17-5-3-2-4-13(17)9-23-11-20-10-21-23/h2-8,10-12,22H,9H2,1H3/t12-/m0/s1. The molecule has 0 aliphatic heterocycles. The van der Waals surface area contributed by atoms with Gasteiger partial charge in [-0.15, -0.1) is 0 Å². The van der Waals surface area contributed by atoms with E-state index in [4.69, 9.17) is 23.2 Å². The molecule has 3 aromatic rings. The summed E-state index contributed by atoms with van der Waals surface area (Å²) in [5.41, 5.74) is 1.26. The Morgan fingerprint density at radius 1 is 1.19 bits per heavy atom. The minimum atomic E-state index is -3.77. The second-order valence-corrected chi connectivity index (χ2v) is 8.24. The van der Waals surface area contributed by atoms with Crippen LogP contribution < -0.4 is 4.72 Å². The van der Waals surface area contributed by atoms with Crippen LogP contribution in [-0.4, -0.2) is 23.2 Å². The Balaban J connectivity index is 1.88. The lowest BCUT2D eigenvalue weighted by Crippen LogP contribution is -2.28. The van der Waals surface area contributed by atoms with Crippen molar-refractivity contribution in [3.05, 3.63) is 76.3 Å². The first-order chi connectivity index (χ1) is 12.4. The maximum absolute atomic E-state index is 12.9. The number of hydrogen-bond acceptors (Lipinski definition) is 4. The normalized spacial score (nSPS) is 12.9. The second-order valence-electron chi connectivity index (χ2n) is 5.71. The molecule has 0 aliphatic rings. The topological polar surface area (TPSA) is 76.9 Å². The van der Waals surface area contributed by atoms with Gasteiger partial charge in [-0.2, -0.15) is 5.10 Å². The van der Waals surface area contributed by atoms with E-state index >= 15 is 0 Å². The van der Waals surface area contributed by atoms with Crippen molar-refractivity contribution in [3.8, 4) is 0 Å². The number of hydrogen-bond donors (Lipinski definition) is 1. The van der Waals surface area contributed by atoms with Gasteiger partial charge in [0.2, 0.25) is 10.0 Å². The summed E-state index contributed by atoms with van der Waals surface area (Å²) < 4.78 is 30.1. The Kier molecular flexibility index (Phi) is 5.62. The number of benzene rings is 2. The quantitative estimate of drug-likeness (QED) is 0.672. The molecule has 0 radical (unpaired) electrons. The Morgan fingerprint density at radius 3 is 2.65 bits per heavy atom. The highest BCUT2D eigenvalue weighted by Gasteiger charge is 2.22. The van der Waals surface area contributed by atoms with E-state index in [9.17, 15) is 8.42 Å². The number of rotatable bonds is 6. The molecule has 0 aliphatic carbocycles. The van der Waals surface area contributed by atoms with Crippen molar-refractivity contribution in [2.24, 2.45) is 0 Å². The van der Waals surface area contributed by atoms with Gasteiger partial charge in [0.25, 0.3) is 0 Å². The van der Waals surface area contributed by atoms with Crippen molar-refractivity contribution < 1.29 is 8.42 Å². The molecule has 1 heterocycles. The van der Waals surface area contributed by atoms with Crippen molar-refractivity contribution in [1.82, 2.24) is 19.5 Å². The molecule has 1 atom stereocenters. The third-order valence-corrected chi connectivity index (χ3v) is 6.03. The van der Waals surface area contributed by atoms with Crippen molar-refractivity contribution >= 4 is 33.2 Å². The Labute approximate surface area is 161 Å². The Bertz CT molecular complexity index is 1010. The lowest BCUT2D eigenvalue weighted by atomic mass is 10.1. The molecule has 1 aromatic heterocycles. The van der Waals surface area contributed by atoms with Gasteiger partial charge in [-0.25, -0.2) is 22.8 Å². The third kappa shape index (κ3) is 4.24. The number of sulfonamides is 1. The summed E-state index contributed by atoms with van der Waals surface area (Å²) in [6.07, 6.45) is 2.94. The van der Waals surface area contributed by atoms with Gasteiger partial charge in [0.15, 0.2) is 0 Å². The fraction of sp³-hybridized carbons (Fsp3) is 0.176. The highest BCUT2D eigenvalue weighted by atomic mass is 35.5. The van der Waals surface area contributed by atoms with E-state index in [1.807, 2.05) is 0 Å². The van der Waals surface area contributed by atoms with E-state index in [2.05, 4.69) is 14.8 Å². The summed E-state index contributed by atoms with van der Waals surface area (Å²) in [6.45, 7) is 2.03. The summed E-state index contributed by atoms with van der Waals surface area (Å²) in [5, 5.41) is 4.92. The van der Waals surface area contributed by atoms with Crippen LogP contribution in [0.3, 0.4) is 0 Å². The van der Waals surface area contributed by atoms with Gasteiger partial charge >= 0.3 is 0 Å². The minimum absolute atomic E-state index is 0.187. The minimum Gasteiger partial charge on any atom is -0.249 e. The average molecular weight is 411 g/mol. The van der Waals surface area contributed by atoms with Gasteiger partial charge < -0.3 is 0 Å². The second kappa shape index (κ2) is 7.75. The van der Waals surface area contributed by atoms with Crippen LogP contribution in [0.15, 0.2) is 60.0 Å². The van der Waals surface area contributed by atoms with Crippen molar-refractivity contribution in [2.45, 2.75) is 24.4 Å². The zero-order chi connectivity index (χ0) is 18.7. The first-order valence-corrected chi connectivity index (χ1v) is 9.98. The van der Waals surface area contributed by atoms with E-state index in [0.717, 1.165) is 0 Å². The van der Waals surface area contributed by atoms with E-state index in [0.29, 0.717) is 27.7 Å². The molecule has 0 unspecified atom stereocenters. The van der Waals surface area contributed by atoms with Gasteiger partial charge in [-0.1, -0.05) is 47.5 Å². The lowest BCUT2D eigenvalue weighted by molar-refractivity contribution is 0.564. The highest BCUT2D eigenvalue weighted by molar-refractivity contribution is 7.89. The van der Waals surface area contributed by atoms with Crippen molar-refractivity contribution in [2.75, 3.05) is 0 Å². The molecule has 2 aromatic carbocycles. The zero-order valence-electron chi connectivity index (χ0n) is 13.8. The van der Waals surface area contributed by atoms with Gasteiger partial charge in [-0.3, -0.25) is 0 Å². The predicted molar refractivity (Wildman–Crippen MR) is 101 cm³/mol. The SMILES string of the molecule is C[C@H](NS(=O)(=O)c1ccccc1Cn1cncn1)c1ccc(Cl)cc1Cl. The molecule has 26 heavy (non-hydrogen) atoms. The summed E-state index contributed by atoms with van der Waals surface area (Å²) in [6, 6.07) is 11.2. The fourth-order valence-corrected chi connectivity index (χ4v) is 4.62. The Hall–Kier alpha value is -1.93. The van der Waals surface area contributed by atoms with Gasteiger partial charge in [0.05, 0.1) is 11.4 Å². The summed E-state index contributed by atoms with van der Waals surface area (Å²) in [7, 11) is -3.77. The third-order valence-electron chi connectivity index (χ3n) is 3.82. The van der Waals surface area contributed by atoms with Gasteiger partial charge in [-0.05, 0) is 36.2 Å². The van der Waals surface area contributed by atoms with Crippen LogP contribution in [0, 0.1) is 0 Å². The Morgan fingerprint density at radius 2 is 1.96 bits per heavy atom. The van der Waals surface area contributed by atoms with Crippen molar-refractivity contribution in [1.29, 1.82) is 0 Å². The maximum atomic E-state index is 12.9. The first kappa shape index (κ1) is 18.8. The van der Waals surface area contributed by atoms with E-state index < -0.39 is 16.1 Å². The molecule has 0 fully saturated rings. The molecule has 9 heteroatoms. The molecule has 1 N–H and O–H groups in total. The highest BCUT2D eigenvalue weighted by Crippen LogP contribution is 2.27. The average Bonchev–Trinajstić information content (AvgIpc) is 3.07. The molecule has 0 spiro atoms. The van der Waals surface area contributed by atoms with Crippen LogP contribution in [-0.2, 0) is 16.6 Å². The number of aromatic nitrogens is 3. The smallest absolute Gasteiger partial charge is 0.241 e. The van der Waals surface area contributed by atoms with Crippen molar-refractivity contribution in [3.63, 3.8) is 0 Å². The number of nitrogens with one attached hydrogen (secondary N) is 1. The molecule has 136 valence electrons. The molecule has 0 saturated heterocycles. The zero-order valence-corrected chi connectivity index (χ0v) is 16.1. The van der Waals surface area contributed by atoms with Crippen LogP contribution in [0.1, 0.15) is 24.1 Å². The molecule has 6 nitrogen and oxygen atoms in total. The summed E-state index contributed by atoms with van der Waals surface area (Å²) >= 11 is 12.1. The van der Waals surface area contributed by atoms with Gasteiger partial charge in [0.1, 0.15) is 12.7 Å².